The van der Waals surface area contributed by atoms with Crippen LogP contribution in [0.4, 0.5) is 4.79 Å². The van der Waals surface area contributed by atoms with Crippen molar-refractivity contribution in [1.82, 2.24) is 15.5 Å². The highest BCUT2D eigenvalue weighted by molar-refractivity contribution is 5.88. The van der Waals surface area contributed by atoms with Crippen molar-refractivity contribution in [2.45, 2.75) is 45.7 Å². The van der Waals surface area contributed by atoms with Gasteiger partial charge in [0, 0.05) is 13.1 Å². The first-order valence-electron chi connectivity index (χ1n) is 6.91. The highest BCUT2D eigenvalue weighted by Gasteiger charge is 2.27. The van der Waals surface area contributed by atoms with Crippen LogP contribution in [0.15, 0.2) is 0 Å². The van der Waals surface area contributed by atoms with Crippen LogP contribution in [0, 0.1) is 5.92 Å². The van der Waals surface area contributed by atoms with Crippen molar-refractivity contribution in [2.24, 2.45) is 5.92 Å². The smallest absolute Gasteiger partial charge is 0.326 e. The number of likely N-dealkylation sites (tertiary alicyclic amines) is 1. The third-order valence-electron chi connectivity index (χ3n) is 3.36. The molecule has 0 radical (unpaired) electrons. The van der Waals surface area contributed by atoms with Gasteiger partial charge in [0.15, 0.2) is 0 Å². The second-order valence-corrected chi connectivity index (χ2v) is 5.43. The first kappa shape index (κ1) is 16.3. The monoisotopic (exact) mass is 285 g/mol. The van der Waals surface area contributed by atoms with Gasteiger partial charge in [0.05, 0.1) is 0 Å². The van der Waals surface area contributed by atoms with Crippen molar-refractivity contribution in [3.63, 3.8) is 0 Å². The maximum atomic E-state index is 12.0. The van der Waals surface area contributed by atoms with E-state index in [0.717, 1.165) is 25.9 Å². The van der Waals surface area contributed by atoms with Gasteiger partial charge in [-0.25, -0.2) is 9.59 Å². The van der Waals surface area contributed by atoms with Crippen LogP contribution in [0.2, 0.25) is 0 Å². The van der Waals surface area contributed by atoms with Crippen molar-refractivity contribution in [1.29, 1.82) is 0 Å². The Labute approximate surface area is 118 Å². The molecule has 0 spiro atoms. The Morgan fingerprint density at radius 2 is 1.60 bits per heavy atom. The molecule has 1 rings (SSSR count). The number of amides is 3. The summed E-state index contributed by atoms with van der Waals surface area (Å²) in [4.78, 5) is 36.4. The maximum Gasteiger partial charge on any atom is 0.326 e. The molecule has 0 saturated carbocycles. The predicted octanol–water partition coefficient (Wildman–Crippen LogP) is 0.406. The third kappa shape index (κ3) is 4.40. The van der Waals surface area contributed by atoms with Crippen molar-refractivity contribution in [3.8, 4) is 0 Å². The molecule has 2 atom stereocenters. The number of carbonyl (C=O) groups is 3. The maximum absolute atomic E-state index is 12.0. The molecule has 0 aliphatic carbocycles. The molecule has 7 nitrogen and oxygen atoms in total. The zero-order chi connectivity index (χ0) is 15.3. The summed E-state index contributed by atoms with van der Waals surface area (Å²) in [6.07, 6.45) is 1.97. The summed E-state index contributed by atoms with van der Waals surface area (Å²) in [5, 5.41) is 13.9. The molecule has 0 aromatic rings. The molecule has 1 heterocycles. The minimum Gasteiger partial charge on any atom is -0.480 e. The standard InChI is InChI=1S/C13H23N3O4/c1-8(2)10(12(18)19)15-13(20)14-9(3)11(17)16-6-4-5-7-16/h8-10H,4-7H2,1-3H3,(H,18,19)(H2,14,15,20)/t9?,10-/m0/s1. The second kappa shape index (κ2) is 7.12. The topological polar surface area (TPSA) is 98.7 Å². The van der Waals surface area contributed by atoms with Gasteiger partial charge in [-0.2, -0.15) is 0 Å². The highest BCUT2D eigenvalue weighted by Crippen LogP contribution is 2.09. The number of nitrogens with zero attached hydrogens (tertiary/aromatic N) is 1. The number of hydrogen-bond acceptors (Lipinski definition) is 3. The van der Waals surface area contributed by atoms with E-state index < -0.39 is 24.1 Å². The molecule has 0 aromatic carbocycles. The van der Waals surface area contributed by atoms with Crippen molar-refractivity contribution >= 4 is 17.9 Å². The number of urea groups is 1. The van der Waals surface area contributed by atoms with E-state index in [1.165, 1.54) is 0 Å². The summed E-state index contributed by atoms with van der Waals surface area (Å²) in [5.74, 6) is -1.45. The van der Waals surface area contributed by atoms with Crippen LogP contribution in [0.25, 0.3) is 0 Å². The van der Waals surface area contributed by atoms with Crippen LogP contribution in [0.3, 0.4) is 0 Å². The molecule has 1 aliphatic heterocycles. The molecule has 1 saturated heterocycles. The fourth-order valence-electron chi connectivity index (χ4n) is 2.17. The quantitative estimate of drug-likeness (QED) is 0.681. The van der Waals surface area contributed by atoms with Crippen LogP contribution in [-0.2, 0) is 9.59 Å². The minimum absolute atomic E-state index is 0.130. The molecule has 1 unspecified atom stereocenters. The van der Waals surface area contributed by atoms with Gasteiger partial charge in [0.2, 0.25) is 5.91 Å². The Morgan fingerprint density at radius 3 is 2.05 bits per heavy atom. The van der Waals surface area contributed by atoms with Gasteiger partial charge in [-0.3, -0.25) is 4.79 Å². The van der Waals surface area contributed by atoms with E-state index in [1.807, 2.05) is 0 Å². The normalized spacial score (nSPS) is 17.7. The summed E-state index contributed by atoms with van der Waals surface area (Å²) in [6.45, 7) is 6.45. The van der Waals surface area contributed by atoms with E-state index in [4.69, 9.17) is 5.11 Å². The SMILES string of the molecule is CC(NC(=O)N[C@H](C(=O)O)C(C)C)C(=O)N1CCCC1. The first-order valence-corrected chi connectivity index (χ1v) is 6.91. The van der Waals surface area contributed by atoms with E-state index in [-0.39, 0.29) is 11.8 Å². The largest absolute Gasteiger partial charge is 0.480 e. The van der Waals surface area contributed by atoms with Gasteiger partial charge in [-0.15, -0.1) is 0 Å². The van der Waals surface area contributed by atoms with E-state index in [2.05, 4.69) is 10.6 Å². The van der Waals surface area contributed by atoms with Gasteiger partial charge >= 0.3 is 12.0 Å². The number of carboxylic acid groups (broad SMARTS) is 1. The number of rotatable bonds is 5. The lowest BCUT2D eigenvalue weighted by Gasteiger charge is -2.23. The lowest BCUT2D eigenvalue weighted by molar-refractivity contribution is -0.140. The molecule has 0 bridgehead atoms. The minimum atomic E-state index is -1.09. The van der Waals surface area contributed by atoms with Crippen molar-refractivity contribution < 1.29 is 19.5 Å². The van der Waals surface area contributed by atoms with Crippen LogP contribution < -0.4 is 10.6 Å². The predicted molar refractivity (Wildman–Crippen MR) is 73.2 cm³/mol. The van der Waals surface area contributed by atoms with Gasteiger partial charge in [-0.05, 0) is 25.7 Å². The number of nitrogens with one attached hydrogen (secondary N) is 2. The fraction of sp³-hybridized carbons (Fsp3) is 0.769. The Balaban J connectivity index is 2.48. The molecule has 1 fully saturated rings. The molecule has 114 valence electrons. The van der Waals surface area contributed by atoms with Crippen LogP contribution in [-0.4, -0.2) is 53.1 Å². The lowest BCUT2D eigenvalue weighted by atomic mass is 10.1. The lowest BCUT2D eigenvalue weighted by Crippen LogP contribution is -2.53. The van der Waals surface area contributed by atoms with Crippen molar-refractivity contribution in [3.05, 3.63) is 0 Å². The number of carbonyl (C=O) groups excluding carboxylic acids is 2. The van der Waals surface area contributed by atoms with Crippen LogP contribution in [0.1, 0.15) is 33.6 Å². The molecular formula is C13H23N3O4. The highest BCUT2D eigenvalue weighted by atomic mass is 16.4. The Kier molecular flexibility index (Phi) is 5.79. The Bertz CT molecular complexity index is 378. The van der Waals surface area contributed by atoms with Crippen LogP contribution >= 0.6 is 0 Å². The summed E-state index contributed by atoms with van der Waals surface area (Å²) < 4.78 is 0. The summed E-state index contributed by atoms with van der Waals surface area (Å²) in [6, 6.07) is -2.26. The van der Waals surface area contributed by atoms with Gasteiger partial charge in [0.1, 0.15) is 12.1 Å². The van der Waals surface area contributed by atoms with E-state index in [0.29, 0.717) is 0 Å². The third-order valence-corrected chi connectivity index (χ3v) is 3.36. The molecule has 3 amide bonds. The van der Waals surface area contributed by atoms with Crippen LogP contribution in [0.5, 0.6) is 0 Å². The summed E-state index contributed by atoms with van der Waals surface area (Å²) in [5.41, 5.74) is 0. The van der Waals surface area contributed by atoms with E-state index in [1.54, 1.807) is 25.7 Å². The van der Waals surface area contributed by atoms with Gasteiger partial charge in [-0.1, -0.05) is 13.8 Å². The van der Waals surface area contributed by atoms with E-state index >= 15 is 0 Å². The molecule has 7 heteroatoms. The van der Waals surface area contributed by atoms with Gasteiger partial charge in [0.25, 0.3) is 0 Å². The first-order chi connectivity index (χ1) is 9.32. The Hall–Kier alpha value is -1.79. The average molecular weight is 285 g/mol. The van der Waals surface area contributed by atoms with Gasteiger partial charge < -0.3 is 20.6 Å². The zero-order valence-electron chi connectivity index (χ0n) is 12.2. The fourth-order valence-corrected chi connectivity index (χ4v) is 2.17. The molecule has 0 aromatic heterocycles. The average Bonchev–Trinajstić information content (AvgIpc) is 2.87. The Morgan fingerprint density at radius 1 is 1.05 bits per heavy atom. The number of hydrogen-bond donors (Lipinski definition) is 3. The summed E-state index contributed by atoms with van der Waals surface area (Å²) >= 11 is 0. The number of aliphatic carboxylic acids is 1. The second-order valence-electron chi connectivity index (χ2n) is 5.43. The number of carboxylic acids is 1. The molecule has 1 aliphatic rings. The van der Waals surface area contributed by atoms with Crippen molar-refractivity contribution in [2.75, 3.05) is 13.1 Å². The van der Waals surface area contributed by atoms with E-state index in [9.17, 15) is 14.4 Å². The molecular weight excluding hydrogens is 262 g/mol. The summed E-state index contributed by atoms with van der Waals surface area (Å²) in [7, 11) is 0. The zero-order valence-corrected chi connectivity index (χ0v) is 12.2. The molecule has 20 heavy (non-hydrogen) atoms. The molecule has 3 N–H and O–H groups in total.